The molecule has 2 N–H and O–H groups in total. The second kappa shape index (κ2) is 7.27. The first-order chi connectivity index (χ1) is 13.1. The summed E-state index contributed by atoms with van der Waals surface area (Å²) < 4.78 is 2.99. The van der Waals surface area contributed by atoms with Crippen molar-refractivity contribution in [2.24, 2.45) is 0 Å². The molecule has 0 atom stereocenters. The highest BCUT2D eigenvalue weighted by molar-refractivity contribution is 7.20. The molecule has 4 aromatic heterocycles. The molecular formula is C16H19N9OS. The maximum absolute atomic E-state index is 12.1. The lowest BCUT2D eigenvalue weighted by molar-refractivity contribution is 0.839. The van der Waals surface area contributed by atoms with Crippen molar-refractivity contribution in [3.05, 3.63) is 40.2 Å². The number of hydrogen-bond donors (Lipinski definition) is 2. The molecule has 0 fully saturated rings. The third kappa shape index (κ3) is 3.58. The molecule has 0 aliphatic carbocycles. The Kier molecular flexibility index (Phi) is 4.67. The summed E-state index contributed by atoms with van der Waals surface area (Å²) in [6.45, 7) is 5.23. The second-order valence-corrected chi connectivity index (χ2v) is 7.00. The van der Waals surface area contributed by atoms with E-state index in [9.17, 15) is 4.79 Å². The molecule has 4 aromatic rings. The van der Waals surface area contributed by atoms with Crippen molar-refractivity contribution < 1.29 is 0 Å². The van der Waals surface area contributed by atoms with Crippen LogP contribution in [0.4, 0.5) is 10.9 Å². The number of rotatable bonds is 7. The Balaban J connectivity index is 1.42. The minimum atomic E-state index is -0.147. The number of hydrogen-bond acceptors (Lipinski definition) is 9. The van der Waals surface area contributed by atoms with Crippen molar-refractivity contribution in [3.8, 4) is 0 Å². The highest BCUT2D eigenvalue weighted by Crippen LogP contribution is 2.16. The summed E-state index contributed by atoms with van der Waals surface area (Å²) in [4.78, 5) is 25.7. The van der Waals surface area contributed by atoms with Gasteiger partial charge in [0.2, 0.25) is 10.1 Å². The lowest BCUT2D eigenvalue weighted by atomic mass is 10.2. The number of aryl methyl sites for hydroxylation is 2. The molecule has 27 heavy (non-hydrogen) atoms. The van der Waals surface area contributed by atoms with Crippen molar-refractivity contribution in [2.45, 2.75) is 26.7 Å². The molecule has 0 radical (unpaired) electrons. The van der Waals surface area contributed by atoms with Gasteiger partial charge in [-0.15, -0.1) is 5.10 Å². The molecule has 0 aliphatic rings. The average molecular weight is 385 g/mol. The number of aromatic nitrogens is 7. The van der Waals surface area contributed by atoms with Crippen LogP contribution in [-0.2, 0) is 6.42 Å². The highest BCUT2D eigenvalue weighted by Gasteiger charge is 2.09. The van der Waals surface area contributed by atoms with Crippen LogP contribution in [0.15, 0.2) is 23.3 Å². The minimum absolute atomic E-state index is 0.147. The first kappa shape index (κ1) is 17.3. The summed E-state index contributed by atoms with van der Waals surface area (Å²) in [6.07, 6.45) is 3.22. The molecule has 0 saturated carbocycles. The van der Waals surface area contributed by atoms with Crippen LogP contribution in [0.2, 0.25) is 0 Å². The van der Waals surface area contributed by atoms with Gasteiger partial charge in [-0.2, -0.15) is 19.1 Å². The van der Waals surface area contributed by atoms with Gasteiger partial charge in [0.05, 0.1) is 0 Å². The standard InChI is InChI=1S/C16H19N9OS/c1-3-4-11-8-13(26)25-16(22-11)27-15(23-25)18-6-5-17-12-7-10(2)21-14-19-9-20-24(12)14/h7-9,17H,3-6H2,1-2H3,(H,18,23). The van der Waals surface area contributed by atoms with E-state index < -0.39 is 0 Å². The SMILES string of the molecule is CCCc1cc(=O)n2nc(NCCNc3cc(C)nc4ncnn34)sc2n1. The van der Waals surface area contributed by atoms with E-state index in [1.807, 2.05) is 13.0 Å². The highest BCUT2D eigenvalue weighted by atomic mass is 32.1. The van der Waals surface area contributed by atoms with Gasteiger partial charge in [-0.05, 0) is 13.3 Å². The van der Waals surface area contributed by atoms with Gasteiger partial charge in [0.15, 0.2) is 0 Å². The first-order valence-electron chi connectivity index (χ1n) is 8.69. The number of nitrogens with one attached hydrogen (secondary N) is 2. The van der Waals surface area contributed by atoms with E-state index in [1.54, 1.807) is 10.6 Å². The van der Waals surface area contributed by atoms with E-state index in [0.29, 0.717) is 29.0 Å². The second-order valence-electron chi connectivity index (χ2n) is 6.05. The van der Waals surface area contributed by atoms with Crippen LogP contribution in [-0.4, -0.2) is 47.3 Å². The van der Waals surface area contributed by atoms with Gasteiger partial charge in [-0.25, -0.2) is 9.97 Å². The quantitative estimate of drug-likeness (QED) is 0.459. The van der Waals surface area contributed by atoms with Crippen LogP contribution in [0.5, 0.6) is 0 Å². The van der Waals surface area contributed by atoms with Gasteiger partial charge >= 0.3 is 0 Å². The Labute approximate surface area is 158 Å². The summed E-state index contributed by atoms with van der Waals surface area (Å²) in [5.74, 6) is 1.38. The molecule has 11 heteroatoms. The van der Waals surface area contributed by atoms with Crippen molar-refractivity contribution in [2.75, 3.05) is 23.7 Å². The summed E-state index contributed by atoms with van der Waals surface area (Å²) >= 11 is 1.37. The fourth-order valence-corrected chi connectivity index (χ4v) is 3.58. The molecule has 0 aromatic carbocycles. The fourth-order valence-electron chi connectivity index (χ4n) is 2.73. The molecule has 0 unspecified atom stereocenters. The van der Waals surface area contributed by atoms with Gasteiger partial charge in [0, 0.05) is 36.6 Å². The Morgan fingerprint density at radius 2 is 2.00 bits per heavy atom. The van der Waals surface area contributed by atoms with Crippen LogP contribution >= 0.6 is 11.3 Å². The zero-order valence-electron chi connectivity index (χ0n) is 15.0. The molecule has 140 valence electrons. The average Bonchev–Trinajstić information content (AvgIpc) is 3.25. The smallest absolute Gasteiger partial charge is 0.275 e. The predicted molar refractivity (Wildman–Crippen MR) is 104 cm³/mol. The lowest BCUT2D eigenvalue weighted by Gasteiger charge is -2.08. The minimum Gasteiger partial charge on any atom is -0.368 e. The first-order valence-corrected chi connectivity index (χ1v) is 9.50. The molecule has 0 spiro atoms. The van der Waals surface area contributed by atoms with Gasteiger partial charge in [-0.1, -0.05) is 24.7 Å². The molecular weight excluding hydrogens is 366 g/mol. The van der Waals surface area contributed by atoms with Gasteiger partial charge in [-0.3, -0.25) is 4.79 Å². The Morgan fingerprint density at radius 3 is 2.85 bits per heavy atom. The monoisotopic (exact) mass is 385 g/mol. The van der Waals surface area contributed by atoms with Crippen LogP contribution in [0.3, 0.4) is 0 Å². The molecule has 4 heterocycles. The molecule has 4 rings (SSSR count). The third-order valence-corrected chi connectivity index (χ3v) is 4.76. The van der Waals surface area contributed by atoms with Crippen molar-refractivity contribution in [1.29, 1.82) is 0 Å². The van der Waals surface area contributed by atoms with E-state index >= 15 is 0 Å². The van der Waals surface area contributed by atoms with E-state index in [1.165, 1.54) is 22.2 Å². The van der Waals surface area contributed by atoms with E-state index in [-0.39, 0.29) is 5.56 Å². The molecule has 0 aliphatic heterocycles. The third-order valence-electron chi connectivity index (χ3n) is 3.89. The molecule has 0 bridgehead atoms. The van der Waals surface area contributed by atoms with Crippen molar-refractivity contribution in [3.63, 3.8) is 0 Å². The predicted octanol–water partition coefficient (Wildman–Crippen LogP) is 1.37. The molecule has 10 nitrogen and oxygen atoms in total. The maximum atomic E-state index is 12.1. The van der Waals surface area contributed by atoms with Crippen LogP contribution < -0.4 is 16.2 Å². The van der Waals surface area contributed by atoms with E-state index in [4.69, 9.17) is 0 Å². The largest absolute Gasteiger partial charge is 0.368 e. The zero-order chi connectivity index (χ0) is 18.8. The Morgan fingerprint density at radius 1 is 1.15 bits per heavy atom. The van der Waals surface area contributed by atoms with E-state index in [0.717, 1.165) is 30.0 Å². The Hall–Kier alpha value is -3.08. The summed E-state index contributed by atoms with van der Waals surface area (Å²) in [6, 6.07) is 3.47. The number of anilines is 2. The van der Waals surface area contributed by atoms with Gasteiger partial charge < -0.3 is 10.6 Å². The van der Waals surface area contributed by atoms with Crippen molar-refractivity contribution >= 4 is 33.0 Å². The molecule has 0 amide bonds. The maximum Gasteiger partial charge on any atom is 0.275 e. The fraction of sp³-hybridized carbons (Fsp3) is 0.375. The van der Waals surface area contributed by atoms with Crippen LogP contribution in [0.25, 0.3) is 10.7 Å². The van der Waals surface area contributed by atoms with E-state index in [2.05, 4.69) is 42.7 Å². The number of fused-ring (bicyclic) bond motifs is 2. The number of nitrogens with zero attached hydrogens (tertiary/aromatic N) is 7. The zero-order valence-corrected chi connectivity index (χ0v) is 15.8. The van der Waals surface area contributed by atoms with Crippen molar-refractivity contribution in [1.82, 2.24) is 34.2 Å². The van der Waals surface area contributed by atoms with Gasteiger partial charge in [0.25, 0.3) is 11.3 Å². The topological polar surface area (TPSA) is 114 Å². The van der Waals surface area contributed by atoms with Crippen LogP contribution in [0, 0.1) is 6.92 Å². The molecule has 0 saturated heterocycles. The Bertz CT molecular complexity index is 1150. The summed E-state index contributed by atoms with van der Waals surface area (Å²) in [5.41, 5.74) is 1.53. The van der Waals surface area contributed by atoms with Gasteiger partial charge in [0.1, 0.15) is 12.1 Å². The lowest BCUT2D eigenvalue weighted by Crippen LogP contribution is -2.17. The van der Waals surface area contributed by atoms with Crippen LogP contribution in [0.1, 0.15) is 24.7 Å². The summed E-state index contributed by atoms with van der Waals surface area (Å²) in [5, 5.41) is 15.6. The summed E-state index contributed by atoms with van der Waals surface area (Å²) in [7, 11) is 0. The normalized spacial score (nSPS) is 11.3.